The summed E-state index contributed by atoms with van der Waals surface area (Å²) in [5.41, 5.74) is 0.973. The molecule has 1 aromatic rings. The SMILES string of the molecule is FC(F)c1ccc(C2CCNC2)c(Cl)c1. The number of hydrogen-bond donors (Lipinski definition) is 1. The molecule has 0 bridgehead atoms. The topological polar surface area (TPSA) is 12.0 Å². The summed E-state index contributed by atoms with van der Waals surface area (Å²) in [6.07, 6.45) is -1.42. The smallest absolute Gasteiger partial charge is 0.263 e. The molecule has 0 radical (unpaired) electrons. The second-order valence-electron chi connectivity index (χ2n) is 3.77. The zero-order chi connectivity index (χ0) is 10.8. The number of halogens is 3. The van der Waals surface area contributed by atoms with Gasteiger partial charge in [-0.2, -0.15) is 0 Å². The molecule has 1 saturated heterocycles. The third kappa shape index (κ3) is 2.29. The first-order valence-corrected chi connectivity index (χ1v) is 5.34. The van der Waals surface area contributed by atoms with Crippen molar-refractivity contribution in [2.45, 2.75) is 18.8 Å². The third-order valence-electron chi connectivity index (χ3n) is 2.78. The monoisotopic (exact) mass is 231 g/mol. The first-order chi connectivity index (χ1) is 7.18. The Bertz CT molecular complexity index is 348. The molecule has 1 nitrogen and oxygen atoms in total. The Kier molecular flexibility index (Phi) is 3.22. The highest BCUT2D eigenvalue weighted by Crippen LogP contribution is 2.31. The zero-order valence-electron chi connectivity index (χ0n) is 8.14. The van der Waals surface area contributed by atoms with Gasteiger partial charge in [0.05, 0.1) is 0 Å². The van der Waals surface area contributed by atoms with Crippen molar-refractivity contribution in [2.75, 3.05) is 13.1 Å². The van der Waals surface area contributed by atoms with E-state index in [1.54, 1.807) is 6.07 Å². The van der Waals surface area contributed by atoms with Gasteiger partial charge in [0.15, 0.2) is 0 Å². The molecule has 82 valence electrons. The van der Waals surface area contributed by atoms with E-state index in [9.17, 15) is 8.78 Å². The number of rotatable bonds is 2. The van der Waals surface area contributed by atoms with E-state index in [1.807, 2.05) is 0 Å². The minimum Gasteiger partial charge on any atom is -0.316 e. The van der Waals surface area contributed by atoms with Gasteiger partial charge in [0, 0.05) is 17.1 Å². The van der Waals surface area contributed by atoms with Crippen molar-refractivity contribution < 1.29 is 8.78 Å². The third-order valence-corrected chi connectivity index (χ3v) is 3.10. The lowest BCUT2D eigenvalue weighted by Crippen LogP contribution is -2.08. The summed E-state index contributed by atoms with van der Waals surface area (Å²) in [6.45, 7) is 1.85. The van der Waals surface area contributed by atoms with Crippen LogP contribution in [0.5, 0.6) is 0 Å². The second-order valence-corrected chi connectivity index (χ2v) is 4.18. The standard InChI is InChI=1S/C11H12ClF2N/c12-10-5-7(11(13)14)1-2-9(10)8-3-4-15-6-8/h1-2,5,8,11,15H,3-4,6H2. The summed E-state index contributed by atoms with van der Waals surface area (Å²) in [4.78, 5) is 0. The van der Waals surface area contributed by atoms with Crippen LogP contribution in [-0.2, 0) is 0 Å². The Morgan fingerprint density at radius 1 is 1.40 bits per heavy atom. The van der Waals surface area contributed by atoms with Crippen LogP contribution in [0.4, 0.5) is 8.78 Å². The lowest BCUT2D eigenvalue weighted by Gasteiger charge is -2.12. The molecule has 0 aromatic heterocycles. The molecule has 1 atom stereocenters. The summed E-state index contributed by atoms with van der Waals surface area (Å²) in [5.74, 6) is 0.365. The summed E-state index contributed by atoms with van der Waals surface area (Å²) >= 11 is 5.99. The minimum atomic E-state index is -2.45. The normalized spacial score (nSPS) is 21.2. The van der Waals surface area contributed by atoms with E-state index in [1.165, 1.54) is 12.1 Å². The first kappa shape index (κ1) is 10.8. The highest BCUT2D eigenvalue weighted by Gasteiger charge is 2.20. The van der Waals surface area contributed by atoms with Crippen molar-refractivity contribution in [1.82, 2.24) is 5.32 Å². The molecule has 1 N–H and O–H groups in total. The lowest BCUT2D eigenvalue weighted by atomic mass is 9.97. The molecular weight excluding hydrogens is 220 g/mol. The van der Waals surface area contributed by atoms with Crippen molar-refractivity contribution in [2.24, 2.45) is 0 Å². The fourth-order valence-electron chi connectivity index (χ4n) is 1.93. The van der Waals surface area contributed by atoms with Crippen molar-refractivity contribution in [1.29, 1.82) is 0 Å². The van der Waals surface area contributed by atoms with Crippen molar-refractivity contribution in [3.63, 3.8) is 0 Å². The van der Waals surface area contributed by atoms with Gasteiger partial charge < -0.3 is 5.32 Å². The Hall–Kier alpha value is -0.670. The molecule has 0 amide bonds. The van der Waals surface area contributed by atoms with Crippen LogP contribution in [0.2, 0.25) is 5.02 Å². The molecule has 1 aliphatic heterocycles. The summed E-state index contributed by atoms with van der Waals surface area (Å²) in [6, 6.07) is 4.56. The van der Waals surface area contributed by atoms with Gasteiger partial charge in [-0.1, -0.05) is 23.7 Å². The second kappa shape index (κ2) is 4.45. The van der Waals surface area contributed by atoms with E-state index in [0.717, 1.165) is 25.1 Å². The average molecular weight is 232 g/mol. The van der Waals surface area contributed by atoms with Crippen LogP contribution in [-0.4, -0.2) is 13.1 Å². The van der Waals surface area contributed by atoms with Crippen LogP contribution in [0, 0.1) is 0 Å². The Labute approximate surface area is 92.4 Å². The highest BCUT2D eigenvalue weighted by molar-refractivity contribution is 6.31. The number of hydrogen-bond acceptors (Lipinski definition) is 1. The van der Waals surface area contributed by atoms with E-state index in [2.05, 4.69) is 5.32 Å². The number of nitrogens with one attached hydrogen (secondary N) is 1. The molecular formula is C11H12ClF2N. The maximum Gasteiger partial charge on any atom is 0.263 e. The molecule has 1 aromatic carbocycles. The molecule has 1 fully saturated rings. The molecule has 0 aliphatic carbocycles. The van der Waals surface area contributed by atoms with Crippen LogP contribution >= 0.6 is 11.6 Å². The predicted molar refractivity (Wildman–Crippen MR) is 56.6 cm³/mol. The summed E-state index contributed by atoms with van der Waals surface area (Å²) in [7, 11) is 0. The van der Waals surface area contributed by atoms with Crippen molar-refractivity contribution in [3.8, 4) is 0 Å². The van der Waals surface area contributed by atoms with E-state index < -0.39 is 6.43 Å². The van der Waals surface area contributed by atoms with Gasteiger partial charge in [0.25, 0.3) is 6.43 Å². The summed E-state index contributed by atoms with van der Waals surface area (Å²) in [5, 5.41) is 3.69. The van der Waals surface area contributed by atoms with Crippen LogP contribution < -0.4 is 5.32 Å². The summed E-state index contributed by atoms with van der Waals surface area (Å²) < 4.78 is 24.8. The van der Waals surface area contributed by atoms with Crippen molar-refractivity contribution in [3.05, 3.63) is 34.3 Å². The van der Waals surface area contributed by atoms with Gasteiger partial charge in [0.1, 0.15) is 0 Å². The highest BCUT2D eigenvalue weighted by atomic mass is 35.5. The Balaban J connectivity index is 2.25. The van der Waals surface area contributed by atoms with Crippen LogP contribution in [0.1, 0.15) is 29.9 Å². The molecule has 4 heteroatoms. The van der Waals surface area contributed by atoms with Crippen LogP contribution in [0.15, 0.2) is 18.2 Å². The van der Waals surface area contributed by atoms with Crippen LogP contribution in [0.3, 0.4) is 0 Å². The molecule has 0 spiro atoms. The fraction of sp³-hybridized carbons (Fsp3) is 0.455. The Morgan fingerprint density at radius 3 is 2.73 bits per heavy atom. The first-order valence-electron chi connectivity index (χ1n) is 4.96. The van der Waals surface area contributed by atoms with Crippen LogP contribution in [0.25, 0.3) is 0 Å². The molecule has 1 unspecified atom stereocenters. The largest absolute Gasteiger partial charge is 0.316 e. The minimum absolute atomic E-state index is 0.00490. The molecule has 0 saturated carbocycles. The molecule has 2 rings (SSSR count). The predicted octanol–water partition coefficient (Wildman–Crippen LogP) is 3.35. The van der Waals surface area contributed by atoms with E-state index >= 15 is 0 Å². The molecule has 15 heavy (non-hydrogen) atoms. The van der Waals surface area contributed by atoms with Gasteiger partial charge in [-0.3, -0.25) is 0 Å². The number of alkyl halides is 2. The Morgan fingerprint density at radius 2 is 2.20 bits per heavy atom. The fourth-order valence-corrected chi connectivity index (χ4v) is 2.27. The van der Waals surface area contributed by atoms with Gasteiger partial charge in [0.2, 0.25) is 0 Å². The van der Waals surface area contributed by atoms with E-state index in [0.29, 0.717) is 10.9 Å². The van der Waals surface area contributed by atoms with Gasteiger partial charge >= 0.3 is 0 Å². The van der Waals surface area contributed by atoms with Crippen molar-refractivity contribution >= 4 is 11.6 Å². The van der Waals surface area contributed by atoms with E-state index in [-0.39, 0.29) is 5.56 Å². The van der Waals surface area contributed by atoms with E-state index in [4.69, 9.17) is 11.6 Å². The molecule has 1 aliphatic rings. The quantitative estimate of drug-likeness (QED) is 0.823. The lowest BCUT2D eigenvalue weighted by molar-refractivity contribution is 0.151. The average Bonchev–Trinajstić information content (AvgIpc) is 2.70. The maximum atomic E-state index is 12.4. The molecule has 1 heterocycles. The maximum absolute atomic E-state index is 12.4. The van der Waals surface area contributed by atoms with Gasteiger partial charge in [-0.05, 0) is 30.5 Å². The van der Waals surface area contributed by atoms with Gasteiger partial charge in [-0.25, -0.2) is 8.78 Å². The van der Waals surface area contributed by atoms with Gasteiger partial charge in [-0.15, -0.1) is 0 Å². The zero-order valence-corrected chi connectivity index (χ0v) is 8.90. The number of benzene rings is 1.